The van der Waals surface area contributed by atoms with Gasteiger partial charge < -0.3 is 0 Å². The Morgan fingerprint density at radius 3 is 1.39 bits per heavy atom. The Balaban J connectivity index is 2.13. The number of carbonyl (C=O) groups excluding carboxylic acids is 2. The smallest absolute Gasteiger partial charge is 0.132 e. The van der Waals surface area contributed by atoms with Gasteiger partial charge in [-0.25, -0.2) is 0 Å². The predicted molar refractivity (Wildman–Crippen MR) is 114 cm³/mol. The second-order valence-corrected chi connectivity index (χ2v) is 15.1. The van der Waals surface area contributed by atoms with Crippen molar-refractivity contribution in [2.45, 2.75) is 73.7 Å². The van der Waals surface area contributed by atoms with Crippen LogP contribution in [0.4, 0.5) is 0 Å². The Bertz CT molecular complexity index is 1100. The summed E-state index contributed by atoms with van der Waals surface area (Å²) in [5, 5.41) is -2.53. The fourth-order valence-electron chi connectivity index (χ4n) is 4.00. The minimum Gasteiger partial charge on any atom is -0.300 e. The molecule has 31 heavy (non-hydrogen) atoms. The first-order valence-electron chi connectivity index (χ1n) is 10.1. The number of sulfone groups is 3. The molecule has 0 amide bonds. The summed E-state index contributed by atoms with van der Waals surface area (Å²) < 4.78 is 79.2. The van der Waals surface area contributed by atoms with E-state index in [4.69, 9.17) is 0 Å². The molecule has 0 aliphatic heterocycles. The molecule has 0 radical (unpaired) electrons. The van der Waals surface area contributed by atoms with E-state index in [1.165, 1.54) is 24.3 Å². The molecule has 0 bridgehead atoms. The van der Waals surface area contributed by atoms with E-state index in [1.807, 2.05) is 0 Å². The third-order valence-corrected chi connectivity index (χ3v) is 14.9. The largest absolute Gasteiger partial charge is 0.300 e. The van der Waals surface area contributed by atoms with Crippen molar-refractivity contribution in [1.29, 1.82) is 0 Å². The van der Waals surface area contributed by atoms with Gasteiger partial charge in [0.1, 0.15) is 11.6 Å². The third-order valence-electron chi connectivity index (χ3n) is 5.87. The first-order chi connectivity index (χ1) is 14.4. The van der Waals surface area contributed by atoms with Crippen molar-refractivity contribution < 1.29 is 34.8 Å². The van der Waals surface area contributed by atoms with Gasteiger partial charge in [-0.3, -0.25) is 34.8 Å². The Morgan fingerprint density at radius 2 is 1.03 bits per heavy atom. The number of benzene rings is 1. The van der Waals surface area contributed by atoms with Crippen molar-refractivity contribution >= 4 is 41.1 Å². The van der Waals surface area contributed by atoms with Crippen molar-refractivity contribution in [3.05, 3.63) is 33.7 Å². The molecular weight excluding hydrogens is 464 g/mol. The fourth-order valence-corrected chi connectivity index (χ4v) is 12.9. The molecule has 0 saturated heterocycles. The SMILES string of the molecule is Cc1ccc(S(=O)(=O)[C-](S(=O)(=O)C2CCC(=O)CC2)S(=O)(=O)C2CCC(=O)CC2)cc1. The summed E-state index contributed by atoms with van der Waals surface area (Å²) >= 11 is 0. The van der Waals surface area contributed by atoms with Crippen LogP contribution in [0.25, 0.3) is 0 Å². The highest BCUT2D eigenvalue weighted by molar-refractivity contribution is 8.29. The van der Waals surface area contributed by atoms with Gasteiger partial charge >= 0.3 is 0 Å². The van der Waals surface area contributed by atoms with Crippen LogP contribution in [0, 0.1) is 10.8 Å². The lowest BCUT2D eigenvalue weighted by Crippen LogP contribution is -2.43. The lowest BCUT2D eigenvalue weighted by molar-refractivity contribution is -0.120. The van der Waals surface area contributed by atoms with Gasteiger partial charge in [-0.2, -0.15) is 0 Å². The standard InChI is InChI=1S/C20H25O8S3/c1-14-2-8-17(9-3-14)29(23,24)20(30(25,26)18-10-4-15(21)5-11-18)31(27,28)19-12-6-16(22)7-13-19/h2-3,8-9,18-19H,4-7,10-13H2,1H3/q-1. The normalized spacial score (nSPS) is 20.3. The van der Waals surface area contributed by atoms with Gasteiger partial charge in [0.05, 0.1) is 29.5 Å². The van der Waals surface area contributed by atoms with E-state index in [1.54, 1.807) is 6.92 Å². The highest BCUT2D eigenvalue weighted by Gasteiger charge is 2.44. The van der Waals surface area contributed by atoms with E-state index < -0.39 is 48.8 Å². The second-order valence-electron chi connectivity index (χ2n) is 8.13. The van der Waals surface area contributed by atoms with Gasteiger partial charge in [0.2, 0.25) is 0 Å². The molecule has 0 aromatic heterocycles. The summed E-state index contributed by atoms with van der Waals surface area (Å²) in [7, 11) is -14.4. The van der Waals surface area contributed by atoms with E-state index in [9.17, 15) is 34.8 Å². The summed E-state index contributed by atoms with van der Waals surface area (Å²) in [5.41, 5.74) is 0.725. The molecule has 3 rings (SSSR count). The van der Waals surface area contributed by atoms with Gasteiger partial charge in [0, 0.05) is 45.0 Å². The maximum absolute atomic E-state index is 13.5. The maximum Gasteiger partial charge on any atom is 0.132 e. The maximum atomic E-state index is 13.5. The highest BCUT2D eigenvalue weighted by Crippen LogP contribution is 2.41. The van der Waals surface area contributed by atoms with E-state index >= 15 is 0 Å². The number of hydrogen-bond acceptors (Lipinski definition) is 8. The van der Waals surface area contributed by atoms with Gasteiger partial charge in [0.25, 0.3) is 0 Å². The zero-order chi connectivity index (χ0) is 23.0. The molecule has 11 heteroatoms. The summed E-state index contributed by atoms with van der Waals surface area (Å²) in [6, 6.07) is 5.29. The average Bonchev–Trinajstić information content (AvgIpc) is 2.68. The molecule has 2 fully saturated rings. The Labute approximate surface area is 183 Å². The van der Waals surface area contributed by atoms with Crippen LogP contribution in [0.1, 0.15) is 56.9 Å². The quantitative estimate of drug-likeness (QED) is 0.554. The molecular formula is C20H25O8S3-. The molecule has 172 valence electrons. The zero-order valence-electron chi connectivity index (χ0n) is 17.1. The molecule has 2 aliphatic carbocycles. The molecule has 0 N–H and O–H groups in total. The van der Waals surface area contributed by atoms with E-state index in [-0.39, 0.29) is 62.9 Å². The van der Waals surface area contributed by atoms with Gasteiger partial charge in [0.15, 0.2) is 0 Å². The van der Waals surface area contributed by atoms with E-state index in [0.717, 1.165) is 5.56 Å². The molecule has 0 heterocycles. The fraction of sp³-hybridized carbons (Fsp3) is 0.550. The van der Waals surface area contributed by atoms with Crippen LogP contribution in [-0.4, -0.2) is 47.3 Å². The monoisotopic (exact) mass is 489 g/mol. The van der Waals surface area contributed by atoms with Crippen LogP contribution in [0.5, 0.6) is 0 Å². The van der Waals surface area contributed by atoms with E-state index in [2.05, 4.69) is 0 Å². The number of aryl methyl sites for hydroxylation is 1. The van der Waals surface area contributed by atoms with Crippen molar-refractivity contribution in [1.82, 2.24) is 0 Å². The van der Waals surface area contributed by atoms with Crippen molar-refractivity contribution in [3.8, 4) is 0 Å². The van der Waals surface area contributed by atoms with Crippen LogP contribution < -0.4 is 0 Å². The predicted octanol–water partition coefficient (Wildman–Crippen LogP) is 2.07. The molecule has 2 aliphatic rings. The van der Waals surface area contributed by atoms with Crippen molar-refractivity contribution in [2.75, 3.05) is 0 Å². The number of hydrogen-bond donors (Lipinski definition) is 0. The number of carbonyl (C=O) groups is 2. The van der Waals surface area contributed by atoms with Crippen LogP contribution in [-0.2, 0) is 39.1 Å². The number of Topliss-reactive ketones (excluding diaryl/α,β-unsaturated/α-hetero) is 2. The Morgan fingerprint density at radius 1 is 0.677 bits per heavy atom. The van der Waals surface area contributed by atoms with Crippen LogP contribution in [0.15, 0.2) is 29.2 Å². The summed E-state index contributed by atoms with van der Waals surface area (Å²) in [6.07, 6.45) is -0.641. The zero-order valence-corrected chi connectivity index (χ0v) is 19.6. The molecule has 2 saturated carbocycles. The van der Waals surface area contributed by atoms with E-state index in [0.29, 0.717) is 0 Å². The van der Waals surface area contributed by atoms with Crippen LogP contribution in [0.2, 0.25) is 0 Å². The lowest BCUT2D eigenvalue weighted by atomic mass is 9.99. The highest BCUT2D eigenvalue weighted by atomic mass is 32.3. The minimum atomic E-state index is -4.89. The summed E-state index contributed by atoms with van der Waals surface area (Å²) in [6.45, 7) is 1.71. The second kappa shape index (κ2) is 8.74. The van der Waals surface area contributed by atoms with Gasteiger partial charge in [-0.15, -0.1) is 0 Å². The van der Waals surface area contributed by atoms with Gasteiger partial charge in [-0.1, -0.05) is 17.7 Å². The van der Waals surface area contributed by atoms with Gasteiger partial charge in [-0.05, 0) is 44.7 Å². The molecule has 8 nitrogen and oxygen atoms in total. The molecule has 0 atom stereocenters. The first-order valence-corrected chi connectivity index (χ1v) is 14.6. The Kier molecular flexibility index (Phi) is 6.79. The summed E-state index contributed by atoms with van der Waals surface area (Å²) in [4.78, 5) is 22.7. The molecule has 1 aromatic carbocycles. The Hall–Kier alpha value is -1.59. The summed E-state index contributed by atoms with van der Waals surface area (Å²) in [5.74, 6) is -0.272. The molecule has 1 aromatic rings. The van der Waals surface area contributed by atoms with Crippen molar-refractivity contribution in [3.63, 3.8) is 0 Å². The topological polar surface area (TPSA) is 137 Å². The minimum absolute atomic E-state index is 0.0419. The van der Waals surface area contributed by atoms with Crippen molar-refractivity contribution in [2.24, 2.45) is 0 Å². The molecule has 0 unspecified atom stereocenters. The number of rotatable bonds is 6. The molecule has 0 spiro atoms. The third kappa shape index (κ3) is 4.78. The average molecular weight is 490 g/mol. The first kappa shape index (κ1) is 24.1. The van der Waals surface area contributed by atoms with Crippen LogP contribution >= 0.6 is 0 Å². The van der Waals surface area contributed by atoms with Crippen LogP contribution in [0.3, 0.4) is 0 Å². The number of ketones is 2. The lowest BCUT2D eigenvalue weighted by Gasteiger charge is -2.38.